The van der Waals surface area contributed by atoms with E-state index in [1.807, 2.05) is 0 Å². The molecule has 0 fully saturated rings. The van der Waals surface area contributed by atoms with Gasteiger partial charge in [0.15, 0.2) is 5.82 Å². The summed E-state index contributed by atoms with van der Waals surface area (Å²) in [5.41, 5.74) is -0.309. The Balaban J connectivity index is 2.60. The predicted octanol–water partition coefficient (Wildman–Crippen LogP) is 0.571. The third kappa shape index (κ3) is 4.21. The van der Waals surface area contributed by atoms with Crippen molar-refractivity contribution in [2.75, 3.05) is 0 Å². The van der Waals surface area contributed by atoms with E-state index in [0.29, 0.717) is 18.2 Å². The van der Waals surface area contributed by atoms with Crippen LogP contribution in [0.5, 0.6) is 0 Å². The molecule has 0 saturated carbocycles. The molecule has 0 spiro atoms. The molecular formula is C13H8FN3O9S3. The second-order valence-corrected chi connectivity index (χ2v) is 9.70. The smallest absolute Gasteiger partial charge is 0.282 e. The molecule has 0 unspecified atom stereocenters. The molecule has 0 amide bonds. The van der Waals surface area contributed by atoms with Gasteiger partial charge in [-0.2, -0.15) is 39.6 Å². The van der Waals surface area contributed by atoms with Gasteiger partial charge in [-0.25, -0.2) is 4.98 Å². The maximum absolute atomic E-state index is 13.3. The molecule has 154 valence electrons. The monoisotopic (exact) mass is 465 g/mol. The van der Waals surface area contributed by atoms with Crippen molar-refractivity contribution in [3.8, 4) is 11.4 Å². The SMILES string of the molecule is O=S(=O)(O)c1cc(S(=O)(=O)O)c2cc(-c3ncnc(F)n3)cc(S(=O)(=O)O)c2c1. The molecule has 12 nitrogen and oxygen atoms in total. The predicted molar refractivity (Wildman–Crippen MR) is 92.2 cm³/mol. The molecule has 3 rings (SSSR count). The number of rotatable bonds is 4. The van der Waals surface area contributed by atoms with Crippen LogP contribution in [0, 0.1) is 6.08 Å². The van der Waals surface area contributed by atoms with Gasteiger partial charge in [0, 0.05) is 16.3 Å². The van der Waals surface area contributed by atoms with Gasteiger partial charge in [0.2, 0.25) is 0 Å². The van der Waals surface area contributed by atoms with Crippen molar-refractivity contribution in [3.05, 3.63) is 36.7 Å². The summed E-state index contributed by atoms with van der Waals surface area (Å²) in [6, 6.07) is 2.57. The lowest BCUT2D eigenvalue weighted by Crippen LogP contribution is -2.07. The largest absolute Gasteiger partial charge is 0.312 e. The van der Waals surface area contributed by atoms with E-state index in [9.17, 15) is 43.3 Å². The highest BCUT2D eigenvalue weighted by Crippen LogP contribution is 2.35. The second-order valence-electron chi connectivity index (χ2n) is 5.49. The first kappa shape index (κ1) is 21.1. The molecule has 1 heterocycles. The number of hydrogen-bond acceptors (Lipinski definition) is 9. The zero-order chi connectivity index (χ0) is 21.8. The van der Waals surface area contributed by atoms with E-state index in [1.54, 1.807) is 0 Å². The summed E-state index contributed by atoms with van der Waals surface area (Å²) in [7, 11) is -15.3. The number of fused-ring (bicyclic) bond motifs is 1. The summed E-state index contributed by atoms with van der Waals surface area (Å²) < 4.78 is 112. The Hall–Kier alpha value is -2.63. The molecule has 2 aromatic carbocycles. The van der Waals surface area contributed by atoms with E-state index in [0.717, 1.165) is 12.4 Å². The molecule has 29 heavy (non-hydrogen) atoms. The number of nitrogens with zero attached hydrogens (tertiary/aromatic N) is 3. The van der Waals surface area contributed by atoms with Crippen molar-refractivity contribution >= 4 is 41.1 Å². The van der Waals surface area contributed by atoms with E-state index in [1.165, 1.54) is 0 Å². The molecule has 0 aliphatic heterocycles. The minimum absolute atomic E-state index is 0.309. The van der Waals surface area contributed by atoms with E-state index in [2.05, 4.69) is 15.0 Å². The van der Waals surface area contributed by atoms with Gasteiger partial charge in [0.05, 0.1) is 4.90 Å². The Bertz CT molecular complexity index is 1490. The van der Waals surface area contributed by atoms with Gasteiger partial charge < -0.3 is 0 Å². The normalized spacial score (nSPS) is 13.0. The van der Waals surface area contributed by atoms with Gasteiger partial charge in [-0.15, -0.1) is 0 Å². The fraction of sp³-hybridized carbons (Fsp3) is 0. The minimum Gasteiger partial charge on any atom is -0.282 e. The van der Waals surface area contributed by atoms with Crippen LogP contribution in [0.2, 0.25) is 0 Å². The lowest BCUT2D eigenvalue weighted by molar-refractivity contribution is 0.478. The van der Waals surface area contributed by atoms with Crippen molar-refractivity contribution < 1.29 is 43.3 Å². The first-order valence-electron chi connectivity index (χ1n) is 7.07. The Morgan fingerprint density at radius 2 is 1.28 bits per heavy atom. The van der Waals surface area contributed by atoms with Gasteiger partial charge in [0.1, 0.15) is 16.1 Å². The molecule has 0 atom stereocenters. The fourth-order valence-electron chi connectivity index (χ4n) is 2.49. The number of halogens is 1. The average molecular weight is 465 g/mol. The van der Waals surface area contributed by atoms with Gasteiger partial charge in [0.25, 0.3) is 30.4 Å². The van der Waals surface area contributed by atoms with Crippen molar-refractivity contribution in [3.63, 3.8) is 0 Å². The average Bonchev–Trinajstić information content (AvgIpc) is 2.57. The Morgan fingerprint density at radius 3 is 1.79 bits per heavy atom. The van der Waals surface area contributed by atoms with Crippen LogP contribution in [-0.4, -0.2) is 53.9 Å². The van der Waals surface area contributed by atoms with Crippen molar-refractivity contribution in [1.82, 2.24) is 15.0 Å². The number of benzene rings is 2. The van der Waals surface area contributed by atoms with E-state index in [4.69, 9.17) is 0 Å². The lowest BCUT2D eigenvalue weighted by atomic mass is 10.1. The summed E-state index contributed by atoms with van der Waals surface area (Å²) in [5, 5.41) is -1.25. The highest BCUT2D eigenvalue weighted by Gasteiger charge is 2.26. The Kier molecular flexibility index (Phi) is 4.88. The molecule has 0 saturated heterocycles. The Labute approximate surface area is 162 Å². The van der Waals surface area contributed by atoms with Crippen molar-refractivity contribution in [2.24, 2.45) is 0 Å². The summed E-state index contributed by atoms with van der Waals surface area (Å²) in [5.74, 6) is -0.454. The van der Waals surface area contributed by atoms with Crippen LogP contribution < -0.4 is 0 Å². The van der Waals surface area contributed by atoms with Crippen LogP contribution in [0.1, 0.15) is 0 Å². The first-order chi connectivity index (χ1) is 13.2. The van der Waals surface area contributed by atoms with E-state index >= 15 is 0 Å². The third-order valence-corrected chi connectivity index (χ3v) is 6.24. The molecule has 1 aromatic heterocycles. The van der Waals surface area contributed by atoms with Crippen LogP contribution >= 0.6 is 0 Å². The summed E-state index contributed by atoms with van der Waals surface area (Å²) in [6.45, 7) is 0. The fourth-order valence-corrected chi connectivity index (χ4v) is 4.54. The molecule has 3 N–H and O–H groups in total. The maximum atomic E-state index is 13.3. The molecular weight excluding hydrogens is 457 g/mol. The van der Waals surface area contributed by atoms with Gasteiger partial charge >= 0.3 is 6.08 Å². The van der Waals surface area contributed by atoms with Gasteiger partial charge in [-0.1, -0.05) is 0 Å². The minimum atomic E-state index is -5.16. The molecule has 0 aliphatic rings. The summed E-state index contributed by atoms with van der Waals surface area (Å²) in [4.78, 5) is 6.83. The zero-order valence-corrected chi connectivity index (χ0v) is 16.1. The highest BCUT2D eigenvalue weighted by atomic mass is 32.2. The van der Waals surface area contributed by atoms with Gasteiger partial charge in [-0.05, 0) is 24.3 Å². The Morgan fingerprint density at radius 1 is 0.724 bits per heavy atom. The van der Waals surface area contributed by atoms with Crippen LogP contribution in [0.3, 0.4) is 0 Å². The van der Waals surface area contributed by atoms with Gasteiger partial charge in [-0.3, -0.25) is 13.7 Å². The van der Waals surface area contributed by atoms with Crippen molar-refractivity contribution in [1.29, 1.82) is 0 Å². The zero-order valence-electron chi connectivity index (χ0n) is 13.6. The molecule has 0 radical (unpaired) electrons. The summed E-state index contributed by atoms with van der Waals surface area (Å²) in [6.07, 6.45) is -0.514. The molecule has 0 bridgehead atoms. The van der Waals surface area contributed by atoms with E-state index < -0.39 is 67.7 Å². The van der Waals surface area contributed by atoms with Crippen LogP contribution in [0.15, 0.2) is 45.3 Å². The first-order valence-corrected chi connectivity index (χ1v) is 11.4. The van der Waals surface area contributed by atoms with Crippen LogP contribution in [-0.2, 0) is 30.4 Å². The topological polar surface area (TPSA) is 202 Å². The summed E-state index contributed by atoms with van der Waals surface area (Å²) >= 11 is 0. The number of aromatic nitrogens is 3. The quantitative estimate of drug-likeness (QED) is 0.453. The van der Waals surface area contributed by atoms with E-state index in [-0.39, 0.29) is 5.56 Å². The molecule has 0 aliphatic carbocycles. The van der Waals surface area contributed by atoms with Crippen molar-refractivity contribution in [2.45, 2.75) is 14.7 Å². The molecule has 3 aromatic rings. The maximum Gasteiger partial charge on any atom is 0.312 e. The highest BCUT2D eigenvalue weighted by molar-refractivity contribution is 7.87. The molecule has 16 heteroatoms. The van der Waals surface area contributed by atoms with Crippen LogP contribution in [0.25, 0.3) is 22.2 Å². The standard InChI is InChI=1S/C13H8FN3O9S3/c14-13-16-5-15-12(17-13)6-1-8-9(10(2-6)28(21,22)23)3-7(27(18,19)20)4-11(8)29(24,25)26/h1-5H,(H,18,19,20)(H,21,22,23)(H,24,25,26). The van der Waals surface area contributed by atoms with Crippen LogP contribution in [0.4, 0.5) is 4.39 Å². The lowest BCUT2D eigenvalue weighted by Gasteiger charge is -2.12. The number of hydrogen-bond donors (Lipinski definition) is 3. The third-order valence-electron chi connectivity index (χ3n) is 3.62. The second kappa shape index (κ2) is 6.71.